The molecule has 2 aliphatic heterocycles. The first-order chi connectivity index (χ1) is 11.7. The summed E-state index contributed by atoms with van der Waals surface area (Å²) in [7, 11) is 0. The zero-order chi connectivity index (χ0) is 16.8. The van der Waals surface area contributed by atoms with Crippen LogP contribution in [0.15, 0.2) is 30.3 Å². The van der Waals surface area contributed by atoms with E-state index in [0.717, 1.165) is 37.9 Å². The summed E-state index contributed by atoms with van der Waals surface area (Å²) in [5, 5.41) is 6.45. The largest absolute Gasteiger partial charge is 0.354 e. The number of carbonyl (C=O) groups excluding carboxylic acids is 2. The van der Waals surface area contributed by atoms with Crippen LogP contribution in [-0.4, -0.2) is 48.9 Å². The molecule has 2 amide bonds. The number of carbonyl (C=O) groups is 2. The van der Waals surface area contributed by atoms with Crippen LogP contribution >= 0.6 is 12.4 Å². The molecule has 2 fully saturated rings. The predicted molar refractivity (Wildman–Crippen MR) is 101 cm³/mol. The summed E-state index contributed by atoms with van der Waals surface area (Å²) < 4.78 is 0. The van der Waals surface area contributed by atoms with E-state index in [0.29, 0.717) is 25.6 Å². The van der Waals surface area contributed by atoms with Crippen LogP contribution in [0.2, 0.25) is 0 Å². The molecule has 6 heteroatoms. The summed E-state index contributed by atoms with van der Waals surface area (Å²) in [5.41, 5.74) is 1.03. The molecule has 2 unspecified atom stereocenters. The molecule has 0 aliphatic carbocycles. The first kappa shape index (κ1) is 19.7. The van der Waals surface area contributed by atoms with Gasteiger partial charge < -0.3 is 15.5 Å². The zero-order valence-corrected chi connectivity index (χ0v) is 15.4. The highest BCUT2D eigenvalue weighted by molar-refractivity contribution is 5.85. The third-order valence-corrected chi connectivity index (χ3v) is 5.03. The van der Waals surface area contributed by atoms with Gasteiger partial charge in [0.05, 0.1) is 12.3 Å². The molecule has 0 bridgehead atoms. The molecule has 2 heterocycles. The molecule has 0 aromatic heterocycles. The van der Waals surface area contributed by atoms with Gasteiger partial charge in [-0.05, 0) is 37.8 Å². The molecule has 5 nitrogen and oxygen atoms in total. The minimum Gasteiger partial charge on any atom is -0.354 e. The van der Waals surface area contributed by atoms with Crippen LogP contribution in [0.25, 0.3) is 0 Å². The summed E-state index contributed by atoms with van der Waals surface area (Å²) in [6.07, 6.45) is 4.51. The van der Waals surface area contributed by atoms with Gasteiger partial charge in [0.2, 0.25) is 11.8 Å². The number of likely N-dealkylation sites (tertiary alicyclic amines) is 1. The standard InChI is InChI=1S/C19H27N3O2.ClH/c23-18(12-15-6-2-1-3-7-15)22-11-5-8-16(14-22)19(24)21-13-17-9-4-10-20-17;/h1-3,6-7,16-17,20H,4-5,8-14H2,(H,21,24);1H. The lowest BCUT2D eigenvalue weighted by Crippen LogP contribution is -2.47. The smallest absolute Gasteiger partial charge is 0.227 e. The number of amides is 2. The van der Waals surface area contributed by atoms with Gasteiger partial charge in [0.1, 0.15) is 0 Å². The van der Waals surface area contributed by atoms with Gasteiger partial charge in [-0.25, -0.2) is 0 Å². The lowest BCUT2D eigenvalue weighted by atomic mass is 9.96. The summed E-state index contributed by atoms with van der Waals surface area (Å²) in [5.74, 6) is 0.150. The highest BCUT2D eigenvalue weighted by Crippen LogP contribution is 2.18. The Bertz CT molecular complexity index is 561. The average Bonchev–Trinajstić information content (AvgIpc) is 3.14. The Labute approximate surface area is 155 Å². The number of hydrogen-bond donors (Lipinski definition) is 2. The maximum absolute atomic E-state index is 12.5. The average molecular weight is 366 g/mol. The van der Waals surface area contributed by atoms with E-state index in [2.05, 4.69) is 10.6 Å². The SMILES string of the molecule is Cl.O=C(NCC1CCCN1)C1CCCN(C(=O)Cc2ccccc2)C1. The predicted octanol–water partition coefficient (Wildman–Crippen LogP) is 1.76. The third-order valence-electron chi connectivity index (χ3n) is 5.03. The molecule has 1 aromatic carbocycles. The molecule has 138 valence electrons. The molecule has 0 radical (unpaired) electrons. The summed E-state index contributed by atoms with van der Waals surface area (Å²) >= 11 is 0. The van der Waals surface area contributed by atoms with Gasteiger partial charge in [-0.3, -0.25) is 9.59 Å². The lowest BCUT2D eigenvalue weighted by molar-refractivity contribution is -0.135. The van der Waals surface area contributed by atoms with Gasteiger partial charge in [-0.2, -0.15) is 0 Å². The van der Waals surface area contributed by atoms with Crippen LogP contribution in [0.4, 0.5) is 0 Å². The third kappa shape index (κ3) is 5.72. The van der Waals surface area contributed by atoms with Crippen LogP contribution in [0.3, 0.4) is 0 Å². The minimum absolute atomic E-state index is 0. The Balaban J connectivity index is 0.00000225. The Morgan fingerprint density at radius 2 is 1.96 bits per heavy atom. The normalized spacial score (nSPS) is 23.0. The lowest BCUT2D eigenvalue weighted by Gasteiger charge is -2.32. The van der Waals surface area contributed by atoms with Crippen molar-refractivity contribution in [1.29, 1.82) is 0 Å². The zero-order valence-electron chi connectivity index (χ0n) is 14.6. The summed E-state index contributed by atoms with van der Waals surface area (Å²) in [4.78, 5) is 26.7. The van der Waals surface area contributed by atoms with Gasteiger partial charge >= 0.3 is 0 Å². The molecule has 1 aromatic rings. The van der Waals surface area contributed by atoms with Crippen LogP contribution in [0, 0.1) is 5.92 Å². The maximum Gasteiger partial charge on any atom is 0.227 e. The van der Waals surface area contributed by atoms with E-state index in [-0.39, 0.29) is 30.1 Å². The first-order valence-corrected chi connectivity index (χ1v) is 9.05. The number of rotatable bonds is 5. The van der Waals surface area contributed by atoms with Gasteiger partial charge in [0.25, 0.3) is 0 Å². The molecule has 3 rings (SSSR count). The molecule has 0 spiro atoms. The van der Waals surface area contributed by atoms with Crippen LogP contribution in [0.5, 0.6) is 0 Å². The van der Waals surface area contributed by atoms with Crippen LogP contribution < -0.4 is 10.6 Å². The second-order valence-corrected chi connectivity index (χ2v) is 6.88. The second kappa shape index (κ2) is 9.78. The van der Waals surface area contributed by atoms with Crippen molar-refractivity contribution in [3.8, 4) is 0 Å². The Kier molecular flexibility index (Phi) is 7.72. The molecule has 2 saturated heterocycles. The fourth-order valence-corrected chi connectivity index (χ4v) is 3.60. The van der Waals surface area contributed by atoms with Crippen molar-refractivity contribution in [2.24, 2.45) is 5.92 Å². The van der Waals surface area contributed by atoms with Crippen molar-refractivity contribution >= 4 is 24.2 Å². The molecular weight excluding hydrogens is 338 g/mol. The highest BCUT2D eigenvalue weighted by Gasteiger charge is 2.28. The van der Waals surface area contributed by atoms with E-state index in [1.807, 2.05) is 35.2 Å². The minimum atomic E-state index is -0.0696. The van der Waals surface area contributed by atoms with Crippen molar-refractivity contribution in [2.75, 3.05) is 26.2 Å². The topological polar surface area (TPSA) is 61.4 Å². The van der Waals surface area contributed by atoms with Crippen LogP contribution in [0.1, 0.15) is 31.2 Å². The molecule has 2 aliphatic rings. The first-order valence-electron chi connectivity index (χ1n) is 9.05. The van der Waals surface area contributed by atoms with E-state index in [9.17, 15) is 9.59 Å². The molecule has 2 atom stereocenters. The van der Waals surface area contributed by atoms with Crippen molar-refractivity contribution in [2.45, 2.75) is 38.1 Å². The van der Waals surface area contributed by atoms with Gasteiger partial charge in [-0.1, -0.05) is 30.3 Å². The monoisotopic (exact) mass is 365 g/mol. The number of nitrogens with one attached hydrogen (secondary N) is 2. The Morgan fingerprint density at radius 1 is 1.16 bits per heavy atom. The Morgan fingerprint density at radius 3 is 2.68 bits per heavy atom. The van der Waals surface area contributed by atoms with Gasteiger partial charge in [0, 0.05) is 25.7 Å². The Hall–Kier alpha value is -1.59. The van der Waals surface area contributed by atoms with Gasteiger partial charge in [-0.15, -0.1) is 12.4 Å². The number of hydrogen-bond acceptors (Lipinski definition) is 3. The molecule has 0 saturated carbocycles. The number of benzene rings is 1. The highest BCUT2D eigenvalue weighted by atomic mass is 35.5. The van der Waals surface area contributed by atoms with E-state index >= 15 is 0 Å². The number of nitrogens with zero attached hydrogens (tertiary/aromatic N) is 1. The molecular formula is C19H28ClN3O2. The van der Waals surface area contributed by atoms with Crippen LogP contribution in [-0.2, 0) is 16.0 Å². The fraction of sp³-hybridized carbons (Fsp3) is 0.579. The quantitative estimate of drug-likeness (QED) is 0.835. The van der Waals surface area contributed by atoms with Crippen molar-refractivity contribution in [1.82, 2.24) is 15.5 Å². The summed E-state index contributed by atoms with van der Waals surface area (Å²) in [6, 6.07) is 10.2. The van der Waals surface area contributed by atoms with E-state index < -0.39 is 0 Å². The number of piperidine rings is 1. The van der Waals surface area contributed by atoms with Crippen molar-refractivity contribution < 1.29 is 9.59 Å². The van der Waals surface area contributed by atoms with E-state index in [1.165, 1.54) is 6.42 Å². The van der Waals surface area contributed by atoms with Crippen molar-refractivity contribution in [3.05, 3.63) is 35.9 Å². The maximum atomic E-state index is 12.5. The molecule has 25 heavy (non-hydrogen) atoms. The van der Waals surface area contributed by atoms with E-state index in [1.54, 1.807) is 0 Å². The van der Waals surface area contributed by atoms with E-state index in [4.69, 9.17) is 0 Å². The van der Waals surface area contributed by atoms with Crippen molar-refractivity contribution in [3.63, 3.8) is 0 Å². The number of halogens is 1. The fourth-order valence-electron chi connectivity index (χ4n) is 3.60. The summed E-state index contributed by atoms with van der Waals surface area (Å²) in [6.45, 7) is 3.06. The van der Waals surface area contributed by atoms with Gasteiger partial charge in [0.15, 0.2) is 0 Å². The second-order valence-electron chi connectivity index (χ2n) is 6.88. The molecule has 2 N–H and O–H groups in total.